The molecule has 1 fully saturated rings. The molecule has 5 heteroatoms. The van der Waals surface area contributed by atoms with Gasteiger partial charge in [0.25, 0.3) is 0 Å². The summed E-state index contributed by atoms with van der Waals surface area (Å²) in [5, 5.41) is 0.688. The quantitative estimate of drug-likeness (QED) is 0.781. The summed E-state index contributed by atoms with van der Waals surface area (Å²) < 4.78 is 4.65. The molecule has 4 nitrogen and oxygen atoms in total. The molecule has 2 heterocycles. The van der Waals surface area contributed by atoms with E-state index in [2.05, 4.69) is 21.5 Å². The van der Waals surface area contributed by atoms with Gasteiger partial charge in [-0.25, -0.2) is 4.79 Å². The number of ether oxygens (including phenoxy) is 1. The first kappa shape index (κ1) is 13.4. The molecule has 0 amide bonds. The summed E-state index contributed by atoms with van der Waals surface area (Å²) in [6.45, 7) is 5.32. The molecule has 0 bridgehead atoms. The Balaban J connectivity index is 1.95. The van der Waals surface area contributed by atoms with Gasteiger partial charge in [0.05, 0.1) is 18.4 Å². The third-order valence-electron chi connectivity index (χ3n) is 2.96. The third kappa shape index (κ3) is 3.46. The fraction of sp³-hybridized carbons (Fsp3) is 0.538. The van der Waals surface area contributed by atoms with Gasteiger partial charge in [0.1, 0.15) is 0 Å². The topological polar surface area (TPSA) is 42.4 Å². The molecular weight excluding hydrogens is 248 g/mol. The van der Waals surface area contributed by atoms with Gasteiger partial charge in [-0.2, -0.15) is 11.8 Å². The summed E-state index contributed by atoms with van der Waals surface area (Å²) in [6, 6.07) is 3.68. The summed E-state index contributed by atoms with van der Waals surface area (Å²) in [5.74, 6) is 0.846. The first-order chi connectivity index (χ1) is 8.69. The number of hydrogen-bond acceptors (Lipinski definition) is 5. The Morgan fingerprint density at radius 3 is 3.06 bits per heavy atom. The highest BCUT2D eigenvalue weighted by molar-refractivity contribution is 7.99. The van der Waals surface area contributed by atoms with E-state index in [1.165, 1.54) is 12.9 Å². The van der Waals surface area contributed by atoms with Gasteiger partial charge in [-0.1, -0.05) is 6.92 Å². The highest BCUT2D eigenvalue weighted by atomic mass is 32.2. The number of carbonyl (C=O) groups is 1. The van der Waals surface area contributed by atoms with Gasteiger partial charge in [-0.3, -0.25) is 9.88 Å². The van der Waals surface area contributed by atoms with Crippen molar-refractivity contribution in [1.29, 1.82) is 0 Å². The van der Waals surface area contributed by atoms with Gasteiger partial charge in [0.2, 0.25) is 0 Å². The van der Waals surface area contributed by atoms with Crippen LogP contribution in [0.2, 0.25) is 0 Å². The zero-order chi connectivity index (χ0) is 13.0. The average molecular weight is 266 g/mol. The minimum atomic E-state index is -0.336. The number of hydrogen-bond donors (Lipinski definition) is 0. The lowest BCUT2D eigenvalue weighted by atomic mass is 10.2. The van der Waals surface area contributed by atoms with E-state index < -0.39 is 0 Å². The Morgan fingerprint density at radius 2 is 2.44 bits per heavy atom. The van der Waals surface area contributed by atoms with Crippen LogP contribution in [0.3, 0.4) is 0 Å². The number of methoxy groups -OCH3 is 1. The van der Waals surface area contributed by atoms with Crippen molar-refractivity contribution in [1.82, 2.24) is 9.88 Å². The van der Waals surface area contributed by atoms with Crippen LogP contribution in [0.5, 0.6) is 0 Å². The molecule has 0 aromatic carbocycles. The zero-order valence-electron chi connectivity index (χ0n) is 10.8. The van der Waals surface area contributed by atoms with E-state index in [0.717, 1.165) is 25.3 Å². The first-order valence-corrected chi connectivity index (χ1v) is 7.11. The second-order valence-corrected chi connectivity index (χ2v) is 5.99. The van der Waals surface area contributed by atoms with Crippen LogP contribution < -0.4 is 0 Å². The third-order valence-corrected chi connectivity index (χ3v) is 4.09. The minimum absolute atomic E-state index is 0.336. The van der Waals surface area contributed by atoms with Crippen molar-refractivity contribution in [2.45, 2.75) is 18.7 Å². The Hall–Kier alpha value is -1.07. The zero-order valence-corrected chi connectivity index (χ0v) is 11.6. The molecule has 1 saturated heterocycles. The molecule has 0 N–H and O–H groups in total. The molecule has 1 unspecified atom stereocenters. The van der Waals surface area contributed by atoms with Gasteiger partial charge in [0, 0.05) is 36.8 Å². The number of esters is 1. The van der Waals surface area contributed by atoms with E-state index in [1.54, 1.807) is 12.3 Å². The van der Waals surface area contributed by atoms with Gasteiger partial charge in [0.15, 0.2) is 0 Å². The van der Waals surface area contributed by atoms with Crippen LogP contribution in [0.25, 0.3) is 0 Å². The van der Waals surface area contributed by atoms with Crippen molar-refractivity contribution in [3.63, 3.8) is 0 Å². The standard InChI is InChI=1S/C13H18N2O2S/c1-10-8-15(5-6-18-10)9-12-4-3-11(7-14-12)13(16)17-2/h3-4,7,10H,5-6,8-9H2,1-2H3. The van der Waals surface area contributed by atoms with E-state index in [-0.39, 0.29) is 5.97 Å². The van der Waals surface area contributed by atoms with Gasteiger partial charge in [-0.15, -0.1) is 0 Å². The number of thioether (sulfide) groups is 1. The van der Waals surface area contributed by atoms with Crippen molar-refractivity contribution < 1.29 is 9.53 Å². The smallest absolute Gasteiger partial charge is 0.339 e. The normalized spacial score (nSPS) is 20.7. The number of nitrogens with zero attached hydrogens (tertiary/aromatic N) is 2. The van der Waals surface area contributed by atoms with Crippen molar-refractivity contribution in [2.75, 3.05) is 26.0 Å². The summed E-state index contributed by atoms with van der Waals surface area (Å²) in [6.07, 6.45) is 1.59. The summed E-state index contributed by atoms with van der Waals surface area (Å²) in [7, 11) is 1.38. The summed E-state index contributed by atoms with van der Waals surface area (Å²) in [4.78, 5) is 18.0. The Labute approximate surface area is 112 Å². The van der Waals surface area contributed by atoms with Gasteiger partial charge < -0.3 is 4.74 Å². The molecule has 2 rings (SSSR count). The second kappa shape index (κ2) is 6.20. The Bertz CT molecular complexity index is 408. The predicted molar refractivity (Wildman–Crippen MR) is 72.8 cm³/mol. The van der Waals surface area contributed by atoms with Crippen LogP contribution in [0, 0.1) is 0 Å². The molecule has 0 aliphatic carbocycles. The second-order valence-electron chi connectivity index (χ2n) is 4.45. The van der Waals surface area contributed by atoms with E-state index in [1.807, 2.05) is 17.8 Å². The highest BCUT2D eigenvalue weighted by Gasteiger charge is 2.17. The van der Waals surface area contributed by atoms with Crippen LogP contribution in [-0.4, -0.2) is 47.1 Å². The number of aromatic nitrogens is 1. The van der Waals surface area contributed by atoms with Crippen LogP contribution in [0.1, 0.15) is 23.0 Å². The molecule has 1 aromatic heterocycles. The fourth-order valence-electron chi connectivity index (χ4n) is 2.02. The number of pyridine rings is 1. The number of carbonyl (C=O) groups excluding carboxylic acids is 1. The van der Waals surface area contributed by atoms with Gasteiger partial charge >= 0.3 is 5.97 Å². The highest BCUT2D eigenvalue weighted by Crippen LogP contribution is 2.19. The van der Waals surface area contributed by atoms with Crippen molar-refractivity contribution >= 4 is 17.7 Å². The maximum Gasteiger partial charge on any atom is 0.339 e. The maximum absolute atomic E-state index is 11.3. The largest absolute Gasteiger partial charge is 0.465 e. The lowest BCUT2D eigenvalue weighted by Gasteiger charge is -2.30. The fourth-order valence-corrected chi connectivity index (χ4v) is 3.10. The number of rotatable bonds is 3. The molecule has 0 spiro atoms. The SMILES string of the molecule is COC(=O)c1ccc(CN2CCSC(C)C2)nc1. The van der Waals surface area contributed by atoms with E-state index >= 15 is 0 Å². The molecular formula is C13H18N2O2S. The molecule has 1 aromatic rings. The lowest BCUT2D eigenvalue weighted by Crippen LogP contribution is -2.36. The van der Waals surface area contributed by atoms with E-state index in [9.17, 15) is 4.79 Å². The Morgan fingerprint density at radius 1 is 1.61 bits per heavy atom. The van der Waals surface area contributed by atoms with Crippen molar-refractivity contribution in [3.8, 4) is 0 Å². The molecule has 1 aliphatic heterocycles. The lowest BCUT2D eigenvalue weighted by molar-refractivity contribution is 0.0600. The Kier molecular flexibility index (Phi) is 4.60. The molecule has 18 heavy (non-hydrogen) atoms. The molecule has 0 radical (unpaired) electrons. The summed E-state index contributed by atoms with van der Waals surface area (Å²) >= 11 is 2.02. The predicted octanol–water partition coefficient (Wildman–Crippen LogP) is 1.81. The van der Waals surface area contributed by atoms with Crippen molar-refractivity contribution in [2.24, 2.45) is 0 Å². The summed E-state index contributed by atoms with van der Waals surface area (Å²) in [5.41, 5.74) is 1.51. The van der Waals surface area contributed by atoms with Crippen LogP contribution in [0.15, 0.2) is 18.3 Å². The monoisotopic (exact) mass is 266 g/mol. The first-order valence-electron chi connectivity index (χ1n) is 6.06. The van der Waals surface area contributed by atoms with E-state index in [0.29, 0.717) is 10.8 Å². The molecule has 1 aliphatic rings. The molecule has 0 saturated carbocycles. The van der Waals surface area contributed by atoms with Crippen molar-refractivity contribution in [3.05, 3.63) is 29.6 Å². The van der Waals surface area contributed by atoms with Crippen LogP contribution in [0.4, 0.5) is 0 Å². The average Bonchev–Trinajstić information content (AvgIpc) is 2.39. The maximum atomic E-state index is 11.3. The van der Waals surface area contributed by atoms with Crippen LogP contribution >= 0.6 is 11.8 Å². The molecule has 1 atom stereocenters. The molecule has 98 valence electrons. The van der Waals surface area contributed by atoms with Gasteiger partial charge in [-0.05, 0) is 12.1 Å². The van der Waals surface area contributed by atoms with Crippen LogP contribution in [-0.2, 0) is 11.3 Å². The minimum Gasteiger partial charge on any atom is -0.465 e. The van der Waals surface area contributed by atoms with E-state index in [4.69, 9.17) is 0 Å².